The van der Waals surface area contributed by atoms with E-state index in [9.17, 15) is 19.5 Å². The van der Waals surface area contributed by atoms with Crippen molar-refractivity contribution >= 4 is 11.8 Å². The third-order valence-electron chi connectivity index (χ3n) is 6.14. The fourth-order valence-electron chi connectivity index (χ4n) is 4.30. The molecule has 1 saturated carbocycles. The summed E-state index contributed by atoms with van der Waals surface area (Å²) in [5.41, 5.74) is 0.00599. The molecule has 1 saturated heterocycles. The van der Waals surface area contributed by atoms with Crippen LogP contribution in [0.5, 0.6) is 0 Å². The van der Waals surface area contributed by atoms with Gasteiger partial charge in [0.1, 0.15) is 12.1 Å². The monoisotopic (exact) mass is 457 g/mol. The maximum Gasteiger partial charge on any atom is 0.347 e. The van der Waals surface area contributed by atoms with Gasteiger partial charge >= 0.3 is 5.69 Å². The molecule has 2 aromatic heterocycles. The number of carbonyl (C=O) groups is 2. The van der Waals surface area contributed by atoms with Crippen LogP contribution in [0.15, 0.2) is 29.5 Å². The highest BCUT2D eigenvalue weighted by Crippen LogP contribution is 2.40. The van der Waals surface area contributed by atoms with E-state index in [-0.39, 0.29) is 37.9 Å². The largest absolute Gasteiger partial charge is 0.391 e. The second-order valence-electron chi connectivity index (χ2n) is 9.95. The van der Waals surface area contributed by atoms with Crippen LogP contribution in [0.4, 0.5) is 0 Å². The molecule has 2 N–H and O–H groups in total. The molecule has 1 aliphatic carbocycles. The molecule has 11 nitrogen and oxygen atoms in total. The highest BCUT2D eigenvalue weighted by atomic mass is 16.3. The molecule has 11 heteroatoms. The van der Waals surface area contributed by atoms with Crippen molar-refractivity contribution < 1.29 is 14.7 Å². The maximum absolute atomic E-state index is 13.7. The molecule has 2 aliphatic rings. The Bertz CT molecular complexity index is 1070. The van der Waals surface area contributed by atoms with Crippen LogP contribution in [0.2, 0.25) is 0 Å². The van der Waals surface area contributed by atoms with E-state index >= 15 is 0 Å². The van der Waals surface area contributed by atoms with Gasteiger partial charge in [-0.15, -0.1) is 5.10 Å². The highest BCUT2D eigenvalue weighted by Gasteiger charge is 2.45. The molecule has 3 heterocycles. The van der Waals surface area contributed by atoms with Crippen molar-refractivity contribution in [3.05, 3.63) is 40.8 Å². The summed E-state index contributed by atoms with van der Waals surface area (Å²) < 4.78 is 3.00. The standard InChI is InChI=1S/C22H31N7O4/c1-22(2,3)18(29-13-16(25-26-29)14-5-6-14)20(32)28-12-15(30)11-17(28)19(31)23-8-10-27-9-4-7-24-21(27)33/h4,7,9,13-15,17-18,30H,5-6,8,10-12H2,1-3H3,(H,23,31)/t15-,17+,18-/m1/s1. The lowest BCUT2D eigenvalue weighted by Crippen LogP contribution is -2.50. The van der Waals surface area contributed by atoms with E-state index in [2.05, 4.69) is 20.6 Å². The molecule has 2 aromatic rings. The third-order valence-corrected chi connectivity index (χ3v) is 6.14. The van der Waals surface area contributed by atoms with Gasteiger partial charge in [0, 0.05) is 50.6 Å². The van der Waals surface area contributed by atoms with Crippen LogP contribution in [0.3, 0.4) is 0 Å². The number of nitrogens with one attached hydrogen (secondary N) is 1. The second kappa shape index (κ2) is 9.05. The van der Waals surface area contributed by atoms with Gasteiger partial charge in [0.05, 0.1) is 11.8 Å². The van der Waals surface area contributed by atoms with Crippen LogP contribution >= 0.6 is 0 Å². The van der Waals surface area contributed by atoms with Crippen LogP contribution in [-0.2, 0) is 16.1 Å². The van der Waals surface area contributed by atoms with E-state index in [1.807, 2.05) is 27.0 Å². The average molecular weight is 458 g/mol. The molecule has 0 unspecified atom stereocenters. The Morgan fingerprint density at radius 1 is 1.30 bits per heavy atom. The zero-order chi connectivity index (χ0) is 23.8. The van der Waals surface area contributed by atoms with Gasteiger partial charge in [-0.2, -0.15) is 0 Å². The Balaban J connectivity index is 1.47. The summed E-state index contributed by atoms with van der Waals surface area (Å²) in [5.74, 6) is -0.217. The number of amides is 2. The normalized spacial score (nSPS) is 21.8. The minimum absolute atomic E-state index is 0.0791. The first kappa shape index (κ1) is 23.1. The minimum atomic E-state index is -0.797. The van der Waals surface area contributed by atoms with Gasteiger partial charge in [-0.05, 0) is 24.3 Å². The number of aliphatic hydroxyl groups is 1. The fourth-order valence-corrected chi connectivity index (χ4v) is 4.30. The van der Waals surface area contributed by atoms with Gasteiger partial charge in [-0.1, -0.05) is 26.0 Å². The molecule has 0 aromatic carbocycles. The molecule has 2 fully saturated rings. The molecular formula is C22H31N7O4. The van der Waals surface area contributed by atoms with Crippen LogP contribution in [-0.4, -0.2) is 71.6 Å². The predicted octanol–water partition coefficient (Wildman–Crippen LogP) is 0.0776. The van der Waals surface area contributed by atoms with Gasteiger partial charge in [0.2, 0.25) is 11.8 Å². The summed E-state index contributed by atoms with van der Waals surface area (Å²) in [4.78, 5) is 43.5. The van der Waals surface area contributed by atoms with Crippen LogP contribution < -0.4 is 11.0 Å². The summed E-state index contributed by atoms with van der Waals surface area (Å²) in [6, 6.07) is 0.184. The molecular weight excluding hydrogens is 426 g/mol. The smallest absolute Gasteiger partial charge is 0.347 e. The molecule has 0 radical (unpaired) electrons. The zero-order valence-electron chi connectivity index (χ0n) is 19.2. The molecule has 4 rings (SSSR count). The quantitative estimate of drug-likeness (QED) is 0.601. The molecule has 1 aliphatic heterocycles. The van der Waals surface area contributed by atoms with Crippen molar-refractivity contribution in [2.75, 3.05) is 13.1 Å². The van der Waals surface area contributed by atoms with Gasteiger partial charge in [0.25, 0.3) is 0 Å². The third kappa shape index (κ3) is 5.13. The van der Waals surface area contributed by atoms with Crippen molar-refractivity contribution in [3.8, 4) is 0 Å². The highest BCUT2D eigenvalue weighted by molar-refractivity contribution is 5.90. The topological polar surface area (TPSA) is 135 Å². The van der Waals surface area contributed by atoms with E-state index in [1.165, 1.54) is 15.7 Å². The van der Waals surface area contributed by atoms with E-state index in [4.69, 9.17) is 0 Å². The molecule has 0 spiro atoms. The lowest BCUT2D eigenvalue weighted by Gasteiger charge is -2.34. The Morgan fingerprint density at radius 2 is 2.06 bits per heavy atom. The molecule has 3 atom stereocenters. The number of rotatable bonds is 7. The van der Waals surface area contributed by atoms with Crippen molar-refractivity contribution in [1.82, 2.24) is 34.8 Å². The summed E-state index contributed by atoms with van der Waals surface area (Å²) in [6.07, 6.45) is 6.37. The van der Waals surface area contributed by atoms with Crippen molar-refractivity contribution in [2.24, 2.45) is 5.41 Å². The number of likely N-dealkylation sites (tertiary alicyclic amines) is 1. The first-order valence-electron chi connectivity index (χ1n) is 11.3. The second-order valence-corrected chi connectivity index (χ2v) is 9.95. The summed E-state index contributed by atoms with van der Waals surface area (Å²) in [6.45, 7) is 6.38. The van der Waals surface area contributed by atoms with Gasteiger partial charge in [-0.3, -0.25) is 14.2 Å². The Labute approximate surface area is 191 Å². The van der Waals surface area contributed by atoms with E-state index in [0.29, 0.717) is 5.92 Å². The van der Waals surface area contributed by atoms with Crippen molar-refractivity contribution in [3.63, 3.8) is 0 Å². The fraction of sp³-hybridized carbons (Fsp3) is 0.636. The predicted molar refractivity (Wildman–Crippen MR) is 118 cm³/mol. The Kier molecular flexibility index (Phi) is 6.33. The van der Waals surface area contributed by atoms with Crippen molar-refractivity contribution in [1.29, 1.82) is 0 Å². The van der Waals surface area contributed by atoms with Gasteiger partial charge in [0.15, 0.2) is 0 Å². The lowest BCUT2D eigenvalue weighted by atomic mass is 9.85. The minimum Gasteiger partial charge on any atom is -0.391 e. The average Bonchev–Trinajstić information content (AvgIpc) is 3.36. The Morgan fingerprint density at radius 3 is 2.73 bits per heavy atom. The van der Waals surface area contributed by atoms with E-state index in [0.717, 1.165) is 18.5 Å². The van der Waals surface area contributed by atoms with Gasteiger partial charge in [-0.25, -0.2) is 14.5 Å². The number of nitrogens with zero attached hydrogens (tertiary/aromatic N) is 6. The first-order valence-corrected chi connectivity index (χ1v) is 11.3. The number of β-amino-alcohol motifs (C(OH)–C–C–N with tert-alkyl or cyclic N) is 1. The number of hydrogen-bond donors (Lipinski definition) is 2. The number of carbonyl (C=O) groups excluding carboxylic acids is 2. The summed E-state index contributed by atoms with van der Waals surface area (Å²) in [5, 5.41) is 21.6. The van der Waals surface area contributed by atoms with E-state index < -0.39 is 29.3 Å². The van der Waals surface area contributed by atoms with Crippen LogP contribution in [0, 0.1) is 5.41 Å². The zero-order valence-corrected chi connectivity index (χ0v) is 19.2. The molecule has 2 amide bonds. The number of hydrogen-bond acceptors (Lipinski definition) is 7. The molecule has 33 heavy (non-hydrogen) atoms. The SMILES string of the molecule is CC(C)(C)[C@@H](C(=O)N1C[C@H](O)C[C@H]1C(=O)NCCn1cccnc1=O)n1cc(C2CC2)nn1. The number of aliphatic hydroxyl groups excluding tert-OH is 1. The Hall–Kier alpha value is -3.08. The molecule has 0 bridgehead atoms. The first-order chi connectivity index (χ1) is 15.6. The maximum atomic E-state index is 13.7. The summed E-state index contributed by atoms with van der Waals surface area (Å²) >= 11 is 0. The van der Waals surface area contributed by atoms with Crippen LogP contribution in [0.25, 0.3) is 0 Å². The lowest BCUT2D eigenvalue weighted by molar-refractivity contribution is -0.144. The van der Waals surface area contributed by atoms with Crippen molar-refractivity contribution in [2.45, 2.75) is 70.7 Å². The summed E-state index contributed by atoms with van der Waals surface area (Å²) in [7, 11) is 0. The number of aromatic nitrogens is 5. The van der Waals surface area contributed by atoms with E-state index in [1.54, 1.807) is 16.9 Å². The van der Waals surface area contributed by atoms with Crippen LogP contribution in [0.1, 0.15) is 57.7 Å². The van der Waals surface area contributed by atoms with Gasteiger partial charge < -0.3 is 15.3 Å². The molecule has 178 valence electrons.